The smallest absolute Gasteiger partial charge is 0.335 e. The standard InChI is InChI=1S/C22H24N2O3/c25-21(18-12-17-6-2-4-8-20(17)23-13-18)24-10-9-15(14-24)11-16-5-1-3-7-19(16)22(26)27/h1,3,5,7,12-13,15H,2,4,6,8-11,14H2,(H,26,27). The van der Waals surface area contributed by atoms with Crippen molar-refractivity contribution in [1.29, 1.82) is 0 Å². The predicted molar refractivity (Wildman–Crippen MR) is 102 cm³/mol. The van der Waals surface area contributed by atoms with Gasteiger partial charge < -0.3 is 10.0 Å². The van der Waals surface area contributed by atoms with E-state index in [1.54, 1.807) is 18.3 Å². The number of benzene rings is 1. The van der Waals surface area contributed by atoms with Gasteiger partial charge >= 0.3 is 5.97 Å². The summed E-state index contributed by atoms with van der Waals surface area (Å²) in [6.45, 7) is 1.39. The van der Waals surface area contributed by atoms with Gasteiger partial charge in [0.05, 0.1) is 11.1 Å². The van der Waals surface area contributed by atoms with Crippen LogP contribution in [0.25, 0.3) is 0 Å². The molecule has 1 aromatic carbocycles. The Morgan fingerprint density at radius 2 is 2.00 bits per heavy atom. The van der Waals surface area contributed by atoms with Gasteiger partial charge in [0.15, 0.2) is 0 Å². The highest BCUT2D eigenvalue weighted by atomic mass is 16.4. The summed E-state index contributed by atoms with van der Waals surface area (Å²) in [6, 6.07) is 9.17. The van der Waals surface area contributed by atoms with Crippen LogP contribution in [0.15, 0.2) is 36.5 Å². The lowest BCUT2D eigenvalue weighted by atomic mass is 9.94. The molecule has 1 unspecified atom stereocenters. The van der Waals surface area contributed by atoms with E-state index in [1.807, 2.05) is 23.1 Å². The first-order valence-electron chi connectivity index (χ1n) is 9.70. The molecular weight excluding hydrogens is 340 g/mol. The molecule has 0 radical (unpaired) electrons. The number of hydrogen-bond donors (Lipinski definition) is 1. The van der Waals surface area contributed by atoms with Gasteiger partial charge in [-0.05, 0) is 67.7 Å². The Morgan fingerprint density at radius 3 is 2.85 bits per heavy atom. The van der Waals surface area contributed by atoms with Crippen molar-refractivity contribution in [2.75, 3.05) is 13.1 Å². The van der Waals surface area contributed by atoms with Crippen LogP contribution in [0.1, 0.15) is 56.8 Å². The first-order valence-corrected chi connectivity index (χ1v) is 9.70. The molecule has 27 heavy (non-hydrogen) atoms. The Morgan fingerprint density at radius 1 is 1.19 bits per heavy atom. The van der Waals surface area contributed by atoms with Gasteiger partial charge in [0.1, 0.15) is 0 Å². The monoisotopic (exact) mass is 364 g/mol. The largest absolute Gasteiger partial charge is 0.478 e. The van der Waals surface area contributed by atoms with Crippen molar-refractivity contribution >= 4 is 11.9 Å². The average Bonchev–Trinajstić information content (AvgIpc) is 3.15. The van der Waals surface area contributed by atoms with Crippen molar-refractivity contribution in [2.45, 2.75) is 38.5 Å². The van der Waals surface area contributed by atoms with Crippen LogP contribution in [0.5, 0.6) is 0 Å². The topological polar surface area (TPSA) is 70.5 Å². The molecule has 1 atom stereocenters. The Labute approximate surface area is 159 Å². The second-order valence-electron chi connectivity index (χ2n) is 7.61. The van der Waals surface area contributed by atoms with E-state index in [2.05, 4.69) is 4.98 Å². The second kappa shape index (κ2) is 7.51. The van der Waals surface area contributed by atoms with E-state index >= 15 is 0 Å². The van der Waals surface area contributed by atoms with Crippen LogP contribution >= 0.6 is 0 Å². The fraction of sp³-hybridized carbons (Fsp3) is 0.409. The fourth-order valence-corrected chi connectivity index (χ4v) is 4.29. The zero-order valence-electron chi connectivity index (χ0n) is 15.4. The molecule has 5 heteroatoms. The van der Waals surface area contributed by atoms with Crippen LogP contribution in [0.2, 0.25) is 0 Å². The maximum atomic E-state index is 12.9. The SMILES string of the molecule is O=C(O)c1ccccc1CC1CCN(C(=O)c2cnc3c(c2)CCCC3)C1. The Balaban J connectivity index is 1.44. The number of aromatic nitrogens is 1. The quantitative estimate of drug-likeness (QED) is 0.903. The number of hydrogen-bond acceptors (Lipinski definition) is 3. The predicted octanol–water partition coefficient (Wildman–Crippen LogP) is 3.36. The first-order chi connectivity index (χ1) is 13.1. The highest BCUT2D eigenvalue weighted by Crippen LogP contribution is 2.25. The van der Waals surface area contributed by atoms with Crippen LogP contribution in [0.4, 0.5) is 0 Å². The summed E-state index contributed by atoms with van der Waals surface area (Å²) < 4.78 is 0. The number of carboxylic acid groups (broad SMARTS) is 1. The van der Waals surface area contributed by atoms with E-state index in [0.717, 1.165) is 37.1 Å². The number of carbonyl (C=O) groups excluding carboxylic acids is 1. The second-order valence-corrected chi connectivity index (χ2v) is 7.61. The fourth-order valence-electron chi connectivity index (χ4n) is 4.29. The zero-order chi connectivity index (χ0) is 18.8. The zero-order valence-corrected chi connectivity index (χ0v) is 15.4. The summed E-state index contributed by atoms with van der Waals surface area (Å²) in [5, 5.41) is 9.35. The van der Waals surface area contributed by atoms with Crippen molar-refractivity contribution in [3.8, 4) is 0 Å². The maximum absolute atomic E-state index is 12.9. The van der Waals surface area contributed by atoms with Gasteiger partial charge in [-0.15, -0.1) is 0 Å². The molecule has 1 aliphatic carbocycles. The van der Waals surface area contributed by atoms with Gasteiger partial charge in [-0.2, -0.15) is 0 Å². The first kappa shape index (κ1) is 17.7. The van der Waals surface area contributed by atoms with Gasteiger partial charge in [0, 0.05) is 25.0 Å². The van der Waals surface area contributed by atoms with E-state index in [-0.39, 0.29) is 5.91 Å². The van der Waals surface area contributed by atoms with Gasteiger partial charge in [0.2, 0.25) is 0 Å². The molecule has 140 valence electrons. The number of aryl methyl sites for hydroxylation is 2. The van der Waals surface area contributed by atoms with Crippen molar-refractivity contribution in [1.82, 2.24) is 9.88 Å². The molecule has 0 spiro atoms. The number of pyridine rings is 1. The van der Waals surface area contributed by atoms with Crippen LogP contribution in [-0.4, -0.2) is 40.0 Å². The normalized spacial score (nSPS) is 19.0. The number of likely N-dealkylation sites (tertiary alicyclic amines) is 1. The number of aromatic carboxylic acids is 1. The minimum atomic E-state index is -0.892. The number of carbonyl (C=O) groups is 2. The lowest BCUT2D eigenvalue weighted by Gasteiger charge is -2.19. The molecule has 2 aliphatic rings. The van der Waals surface area contributed by atoms with E-state index < -0.39 is 5.97 Å². The van der Waals surface area contributed by atoms with Crippen LogP contribution in [0, 0.1) is 5.92 Å². The number of amides is 1. The molecule has 4 rings (SSSR count). The third-order valence-electron chi connectivity index (χ3n) is 5.75. The van der Waals surface area contributed by atoms with Crippen LogP contribution in [0.3, 0.4) is 0 Å². The van der Waals surface area contributed by atoms with Crippen molar-refractivity contribution < 1.29 is 14.7 Å². The summed E-state index contributed by atoms with van der Waals surface area (Å²) in [7, 11) is 0. The Kier molecular flexibility index (Phi) is 4.92. The lowest BCUT2D eigenvalue weighted by Crippen LogP contribution is -2.29. The molecule has 1 saturated heterocycles. The summed E-state index contributed by atoms with van der Waals surface area (Å²) in [4.78, 5) is 30.7. The minimum absolute atomic E-state index is 0.0462. The van der Waals surface area contributed by atoms with Crippen LogP contribution in [-0.2, 0) is 19.3 Å². The van der Waals surface area contributed by atoms with E-state index in [1.165, 1.54) is 18.4 Å². The van der Waals surface area contributed by atoms with Crippen molar-refractivity contribution in [2.24, 2.45) is 5.92 Å². The van der Waals surface area contributed by atoms with E-state index in [4.69, 9.17) is 0 Å². The molecule has 1 aliphatic heterocycles. The van der Waals surface area contributed by atoms with Gasteiger partial charge in [-0.1, -0.05) is 18.2 Å². The van der Waals surface area contributed by atoms with E-state index in [9.17, 15) is 14.7 Å². The summed E-state index contributed by atoms with van der Waals surface area (Å²) in [5.74, 6) is -0.554. The Bertz CT molecular complexity index is 878. The summed E-state index contributed by atoms with van der Waals surface area (Å²) >= 11 is 0. The molecule has 5 nitrogen and oxygen atoms in total. The van der Waals surface area contributed by atoms with E-state index in [0.29, 0.717) is 30.0 Å². The third-order valence-corrected chi connectivity index (χ3v) is 5.75. The molecule has 1 aromatic heterocycles. The number of nitrogens with zero attached hydrogens (tertiary/aromatic N) is 2. The molecule has 0 bridgehead atoms. The average molecular weight is 364 g/mol. The van der Waals surface area contributed by atoms with Crippen molar-refractivity contribution in [3.63, 3.8) is 0 Å². The summed E-state index contributed by atoms with van der Waals surface area (Å²) in [6.07, 6.45) is 7.68. The molecule has 1 fully saturated rings. The molecule has 2 heterocycles. The highest BCUT2D eigenvalue weighted by molar-refractivity contribution is 5.94. The number of rotatable bonds is 4. The van der Waals surface area contributed by atoms with Crippen molar-refractivity contribution in [3.05, 3.63) is 64.5 Å². The maximum Gasteiger partial charge on any atom is 0.335 e. The van der Waals surface area contributed by atoms with Gasteiger partial charge in [-0.25, -0.2) is 4.79 Å². The molecule has 1 N–H and O–H groups in total. The lowest BCUT2D eigenvalue weighted by molar-refractivity contribution is 0.0694. The molecule has 1 amide bonds. The molecule has 0 saturated carbocycles. The Hall–Kier alpha value is -2.69. The highest BCUT2D eigenvalue weighted by Gasteiger charge is 2.28. The molecule has 2 aromatic rings. The minimum Gasteiger partial charge on any atom is -0.478 e. The van der Waals surface area contributed by atoms with Gasteiger partial charge in [-0.3, -0.25) is 9.78 Å². The third kappa shape index (κ3) is 3.72. The van der Waals surface area contributed by atoms with Crippen LogP contribution < -0.4 is 0 Å². The van der Waals surface area contributed by atoms with Gasteiger partial charge in [0.25, 0.3) is 5.91 Å². The summed E-state index contributed by atoms with van der Waals surface area (Å²) in [5.41, 5.74) is 4.25. The number of carboxylic acids is 1. The molecular formula is C22H24N2O3. The number of fused-ring (bicyclic) bond motifs is 1.